The third-order valence-electron chi connectivity index (χ3n) is 3.59. The van der Waals surface area contributed by atoms with E-state index in [9.17, 15) is 14.4 Å². The van der Waals surface area contributed by atoms with Gasteiger partial charge in [-0.15, -0.1) is 5.10 Å². The zero-order valence-corrected chi connectivity index (χ0v) is 15.4. The Morgan fingerprint density at radius 3 is 2.60 bits per heavy atom. The second-order valence-electron chi connectivity index (χ2n) is 5.77. The number of aromatic nitrogens is 6. The second-order valence-corrected chi connectivity index (χ2v) is 6.71. The van der Waals surface area contributed by atoms with Crippen LogP contribution in [0.2, 0.25) is 0 Å². The van der Waals surface area contributed by atoms with E-state index in [1.165, 1.54) is 11.6 Å². The molecule has 0 unspecified atom stereocenters. The van der Waals surface area contributed by atoms with Crippen LogP contribution in [0.15, 0.2) is 14.7 Å². The van der Waals surface area contributed by atoms with Gasteiger partial charge in [0.05, 0.1) is 11.8 Å². The molecule has 0 atom stereocenters. The van der Waals surface area contributed by atoms with Gasteiger partial charge in [-0.1, -0.05) is 18.7 Å². The van der Waals surface area contributed by atoms with Gasteiger partial charge < -0.3 is 5.73 Å². The first-order chi connectivity index (χ1) is 11.8. The largest absolute Gasteiger partial charge is 0.384 e. The zero-order valence-electron chi connectivity index (χ0n) is 14.6. The van der Waals surface area contributed by atoms with Gasteiger partial charge in [0, 0.05) is 13.6 Å². The fourth-order valence-electron chi connectivity index (χ4n) is 2.29. The quantitative estimate of drug-likeness (QED) is 0.538. The number of thioether (sulfide) groups is 1. The monoisotopic (exact) mass is 367 g/mol. The summed E-state index contributed by atoms with van der Waals surface area (Å²) in [5.74, 6) is -0.619. The van der Waals surface area contributed by atoms with Gasteiger partial charge >= 0.3 is 5.69 Å². The molecule has 0 aliphatic heterocycles. The molecule has 0 saturated carbocycles. The van der Waals surface area contributed by atoms with Crippen LogP contribution in [0.3, 0.4) is 0 Å². The highest BCUT2D eigenvalue weighted by molar-refractivity contribution is 7.99. The molecule has 25 heavy (non-hydrogen) atoms. The molecule has 0 saturated heterocycles. The predicted octanol–water partition coefficient (Wildman–Crippen LogP) is 0.0816. The molecule has 2 aromatic heterocycles. The second kappa shape index (κ2) is 7.64. The number of nitrogens with two attached hydrogens (primary N) is 1. The van der Waals surface area contributed by atoms with E-state index in [4.69, 9.17) is 5.73 Å². The smallest absolute Gasteiger partial charge is 0.332 e. The van der Waals surface area contributed by atoms with E-state index in [1.807, 2.05) is 20.8 Å². The van der Waals surface area contributed by atoms with Gasteiger partial charge in [0.15, 0.2) is 5.78 Å². The number of carbonyl (C=O) groups is 1. The fourth-order valence-corrected chi connectivity index (χ4v) is 3.17. The summed E-state index contributed by atoms with van der Waals surface area (Å²) < 4.78 is 3.73. The average molecular weight is 367 g/mol. The summed E-state index contributed by atoms with van der Waals surface area (Å²) in [6.07, 6.45) is 0.647. The highest BCUT2D eigenvalue weighted by Crippen LogP contribution is 2.19. The number of anilines is 1. The van der Waals surface area contributed by atoms with Gasteiger partial charge in [0.1, 0.15) is 11.4 Å². The van der Waals surface area contributed by atoms with Gasteiger partial charge in [-0.2, -0.15) is 0 Å². The Kier molecular flexibility index (Phi) is 5.77. The fraction of sp³-hybridized carbons (Fsp3) is 0.571. The minimum atomic E-state index is -0.691. The average Bonchev–Trinajstić information content (AvgIpc) is 3.04. The number of tetrazole rings is 1. The molecular weight excluding hydrogens is 346 g/mol. The molecule has 2 heterocycles. The van der Waals surface area contributed by atoms with Gasteiger partial charge in [0.25, 0.3) is 5.56 Å². The summed E-state index contributed by atoms with van der Waals surface area (Å²) in [4.78, 5) is 37.1. The summed E-state index contributed by atoms with van der Waals surface area (Å²) in [5, 5.41) is 11.8. The minimum absolute atomic E-state index is 0.0389. The summed E-state index contributed by atoms with van der Waals surface area (Å²) in [7, 11) is 1.33. The van der Waals surface area contributed by atoms with Crippen molar-refractivity contribution < 1.29 is 4.79 Å². The number of hydrogen-bond donors (Lipinski definition) is 1. The number of ketones is 1. The van der Waals surface area contributed by atoms with Crippen LogP contribution < -0.4 is 17.0 Å². The molecule has 0 radical (unpaired) electrons. The van der Waals surface area contributed by atoms with Crippen molar-refractivity contribution in [1.82, 2.24) is 29.3 Å². The Balaban J connectivity index is 2.35. The lowest BCUT2D eigenvalue weighted by atomic mass is 10.2. The van der Waals surface area contributed by atoms with Crippen molar-refractivity contribution in [1.29, 1.82) is 0 Å². The summed E-state index contributed by atoms with van der Waals surface area (Å²) in [5.41, 5.74) is 4.55. The number of hydrogen-bond acceptors (Lipinski definition) is 8. The van der Waals surface area contributed by atoms with Crippen LogP contribution in [0.5, 0.6) is 0 Å². The van der Waals surface area contributed by atoms with Crippen molar-refractivity contribution >= 4 is 23.4 Å². The van der Waals surface area contributed by atoms with Crippen LogP contribution in [0, 0.1) is 0 Å². The van der Waals surface area contributed by atoms with E-state index >= 15 is 0 Å². The van der Waals surface area contributed by atoms with Crippen LogP contribution in [0.4, 0.5) is 5.82 Å². The maximum absolute atomic E-state index is 12.6. The number of nitrogen functional groups attached to an aromatic ring is 1. The SMILES string of the molecule is CCCn1c(N)c(C(=O)CSc2nnnn2C(C)C)c(=O)n(C)c1=O. The maximum atomic E-state index is 12.6. The normalized spacial score (nSPS) is 11.2. The molecule has 0 amide bonds. The lowest BCUT2D eigenvalue weighted by Crippen LogP contribution is -2.42. The van der Waals surface area contributed by atoms with Gasteiger partial charge in [-0.05, 0) is 30.7 Å². The summed E-state index contributed by atoms with van der Waals surface area (Å²) in [6.45, 7) is 6.03. The Morgan fingerprint density at radius 1 is 1.32 bits per heavy atom. The van der Waals surface area contributed by atoms with E-state index < -0.39 is 17.0 Å². The first kappa shape index (κ1) is 18.9. The molecular formula is C14H21N7O3S. The summed E-state index contributed by atoms with van der Waals surface area (Å²) >= 11 is 1.12. The third-order valence-corrected chi connectivity index (χ3v) is 4.53. The van der Waals surface area contributed by atoms with Crippen molar-refractivity contribution in [2.24, 2.45) is 7.05 Å². The third kappa shape index (κ3) is 3.65. The highest BCUT2D eigenvalue weighted by Gasteiger charge is 2.22. The number of nitrogens with zero attached hydrogens (tertiary/aromatic N) is 6. The van der Waals surface area contributed by atoms with Gasteiger partial charge in [-0.25, -0.2) is 9.48 Å². The first-order valence-corrected chi connectivity index (χ1v) is 8.81. The molecule has 0 aliphatic carbocycles. The molecule has 0 fully saturated rings. The van der Waals surface area contributed by atoms with Crippen molar-refractivity contribution in [3.8, 4) is 0 Å². The predicted molar refractivity (Wildman–Crippen MR) is 93.9 cm³/mol. The van der Waals surface area contributed by atoms with Gasteiger partial charge in [0.2, 0.25) is 5.16 Å². The maximum Gasteiger partial charge on any atom is 0.332 e. The van der Waals surface area contributed by atoms with Gasteiger partial charge in [-0.3, -0.25) is 18.7 Å². The Morgan fingerprint density at radius 2 is 2.00 bits per heavy atom. The van der Waals surface area contributed by atoms with Crippen molar-refractivity contribution in [3.63, 3.8) is 0 Å². The molecule has 2 aromatic rings. The zero-order chi connectivity index (χ0) is 18.7. The van der Waals surface area contributed by atoms with Crippen LogP contribution in [0.1, 0.15) is 43.6 Å². The molecule has 0 spiro atoms. The Labute approximate surface area is 148 Å². The standard InChI is InChI=1S/C14H21N7O3S/c1-5-6-20-11(15)10(12(23)19(4)14(20)24)9(22)7-25-13-16-17-18-21(13)8(2)3/h8H,5-7,15H2,1-4H3. The van der Waals surface area contributed by atoms with E-state index in [0.29, 0.717) is 18.1 Å². The highest BCUT2D eigenvalue weighted by atomic mass is 32.2. The van der Waals surface area contributed by atoms with E-state index in [-0.39, 0.29) is 23.2 Å². The lowest BCUT2D eigenvalue weighted by Gasteiger charge is -2.13. The number of carbonyl (C=O) groups excluding carboxylic acids is 1. The molecule has 2 rings (SSSR count). The molecule has 2 N–H and O–H groups in total. The summed E-state index contributed by atoms with van der Waals surface area (Å²) in [6, 6.07) is 0.0389. The van der Waals surface area contributed by atoms with Crippen molar-refractivity contribution in [2.75, 3.05) is 11.5 Å². The molecule has 0 aromatic carbocycles. The van der Waals surface area contributed by atoms with E-state index in [1.54, 1.807) is 4.68 Å². The number of Topliss-reactive ketones (excluding diaryl/α,β-unsaturated/α-hetero) is 1. The van der Waals surface area contributed by atoms with Crippen LogP contribution >= 0.6 is 11.8 Å². The van der Waals surface area contributed by atoms with Crippen LogP contribution in [0.25, 0.3) is 0 Å². The van der Waals surface area contributed by atoms with Crippen molar-refractivity contribution in [2.45, 2.75) is 44.9 Å². The minimum Gasteiger partial charge on any atom is -0.384 e. The lowest BCUT2D eigenvalue weighted by molar-refractivity contribution is 0.102. The molecule has 0 aliphatic rings. The first-order valence-electron chi connectivity index (χ1n) is 7.82. The molecule has 0 bridgehead atoms. The van der Waals surface area contributed by atoms with Crippen LogP contribution in [-0.4, -0.2) is 40.9 Å². The van der Waals surface area contributed by atoms with Crippen molar-refractivity contribution in [3.05, 3.63) is 26.4 Å². The molecule has 11 heteroatoms. The van der Waals surface area contributed by atoms with Crippen LogP contribution in [-0.2, 0) is 13.6 Å². The topological polar surface area (TPSA) is 131 Å². The molecule has 10 nitrogen and oxygen atoms in total. The molecule has 136 valence electrons. The van der Waals surface area contributed by atoms with E-state index in [2.05, 4.69) is 15.5 Å². The Bertz CT molecular complexity index is 897. The number of rotatable bonds is 7. The van der Waals surface area contributed by atoms with E-state index in [0.717, 1.165) is 16.3 Å². The Hall–Kier alpha value is -2.43.